The summed E-state index contributed by atoms with van der Waals surface area (Å²) in [4.78, 5) is 0. The number of quaternary nitrogens is 1. The van der Waals surface area contributed by atoms with E-state index in [1.165, 1.54) is 5.56 Å². The molecular weight excluding hydrogens is 374 g/mol. The van der Waals surface area contributed by atoms with Crippen molar-refractivity contribution in [3.63, 3.8) is 0 Å². The lowest BCUT2D eigenvalue weighted by Crippen LogP contribution is -2.62. The Bertz CT molecular complexity index is 665. The summed E-state index contributed by atoms with van der Waals surface area (Å²) < 4.78 is 12.6. The van der Waals surface area contributed by atoms with E-state index in [4.69, 9.17) is 9.47 Å². The molecule has 1 aromatic rings. The van der Waals surface area contributed by atoms with E-state index in [9.17, 15) is 5.11 Å². The van der Waals surface area contributed by atoms with Crippen LogP contribution in [-0.2, 0) is 10.2 Å². The van der Waals surface area contributed by atoms with Gasteiger partial charge in [0.25, 0.3) is 0 Å². The van der Waals surface area contributed by atoms with Crippen molar-refractivity contribution >= 4 is 0 Å². The normalized spacial score (nSPS) is 26.3. The zero-order valence-corrected chi connectivity index (χ0v) is 20.3. The predicted octanol–water partition coefficient (Wildman–Crippen LogP) is 4.95. The molecule has 1 aliphatic heterocycles. The molecule has 0 saturated carbocycles. The van der Waals surface area contributed by atoms with E-state index >= 15 is 0 Å². The number of hydrogen-bond acceptors (Lipinski definition) is 3. The lowest BCUT2D eigenvalue weighted by atomic mass is 9.72. The molecule has 3 atom stereocenters. The Morgan fingerprint density at radius 1 is 1.13 bits per heavy atom. The van der Waals surface area contributed by atoms with Crippen molar-refractivity contribution in [1.29, 1.82) is 0 Å². The summed E-state index contributed by atoms with van der Waals surface area (Å²) in [6.45, 7) is 23.2. The molecule has 1 aromatic carbocycles. The molecular formula is C26H44NO3+. The third-order valence-electron chi connectivity index (χ3n) is 5.92. The second kappa shape index (κ2) is 9.84. The highest BCUT2D eigenvalue weighted by atomic mass is 16.5. The first-order valence-corrected chi connectivity index (χ1v) is 11.4. The molecule has 1 saturated heterocycles. The Kier molecular flexibility index (Phi) is 8.17. The van der Waals surface area contributed by atoms with Gasteiger partial charge in [0.05, 0.1) is 6.54 Å². The molecule has 0 radical (unpaired) electrons. The van der Waals surface area contributed by atoms with Crippen LogP contribution in [0.1, 0.15) is 60.5 Å². The Morgan fingerprint density at radius 2 is 1.70 bits per heavy atom. The van der Waals surface area contributed by atoms with E-state index in [1.807, 2.05) is 18.2 Å². The highest BCUT2D eigenvalue weighted by molar-refractivity contribution is 5.31. The van der Waals surface area contributed by atoms with Crippen LogP contribution >= 0.6 is 0 Å². The highest BCUT2D eigenvalue weighted by Crippen LogP contribution is 2.36. The van der Waals surface area contributed by atoms with Crippen molar-refractivity contribution in [1.82, 2.24) is 0 Å². The molecule has 4 heteroatoms. The highest BCUT2D eigenvalue weighted by Gasteiger charge is 2.38. The molecule has 0 aromatic heterocycles. The van der Waals surface area contributed by atoms with Gasteiger partial charge < -0.3 is 19.1 Å². The van der Waals surface area contributed by atoms with Gasteiger partial charge in [0.15, 0.2) is 0 Å². The number of hydrogen-bond donors (Lipinski definition) is 1. The van der Waals surface area contributed by atoms with E-state index in [-0.39, 0.29) is 23.0 Å². The molecule has 1 aliphatic rings. The van der Waals surface area contributed by atoms with E-state index in [1.54, 1.807) is 0 Å². The van der Waals surface area contributed by atoms with Crippen molar-refractivity contribution in [2.45, 2.75) is 78.6 Å². The number of rotatable bonds is 9. The smallest absolute Gasteiger partial charge is 0.137 e. The van der Waals surface area contributed by atoms with Crippen LogP contribution in [0.15, 0.2) is 36.9 Å². The maximum atomic E-state index is 10.7. The van der Waals surface area contributed by atoms with Crippen molar-refractivity contribution in [3.05, 3.63) is 42.5 Å². The number of morpholine rings is 1. The summed E-state index contributed by atoms with van der Waals surface area (Å²) in [6.07, 6.45) is 2.91. The summed E-state index contributed by atoms with van der Waals surface area (Å²) in [5.41, 5.74) is 1.71. The minimum absolute atomic E-state index is 0.112. The lowest BCUT2D eigenvalue weighted by Gasteiger charge is -2.46. The zero-order valence-electron chi connectivity index (χ0n) is 20.3. The largest absolute Gasteiger partial charge is 0.491 e. The summed E-state index contributed by atoms with van der Waals surface area (Å²) in [6, 6.07) is 8.37. The minimum Gasteiger partial charge on any atom is -0.491 e. The fraction of sp³-hybridized carbons (Fsp3) is 0.692. The Balaban J connectivity index is 1.95. The number of ether oxygens (including phenoxy) is 2. The summed E-state index contributed by atoms with van der Waals surface area (Å²) >= 11 is 0. The van der Waals surface area contributed by atoms with Gasteiger partial charge in [-0.05, 0) is 54.9 Å². The molecule has 3 unspecified atom stereocenters. The van der Waals surface area contributed by atoms with Crippen molar-refractivity contribution in [3.8, 4) is 5.75 Å². The molecule has 1 fully saturated rings. The maximum Gasteiger partial charge on any atom is 0.137 e. The molecule has 0 aliphatic carbocycles. The van der Waals surface area contributed by atoms with Gasteiger partial charge in [-0.1, -0.05) is 53.3 Å². The van der Waals surface area contributed by atoms with Gasteiger partial charge in [-0.25, -0.2) is 0 Å². The van der Waals surface area contributed by atoms with E-state index in [0.29, 0.717) is 13.2 Å². The monoisotopic (exact) mass is 418 g/mol. The Hall–Kier alpha value is -1.36. The van der Waals surface area contributed by atoms with Crippen LogP contribution in [-0.4, -0.2) is 60.7 Å². The van der Waals surface area contributed by atoms with Crippen LogP contribution < -0.4 is 4.74 Å². The van der Waals surface area contributed by atoms with Gasteiger partial charge in [-0.15, -0.1) is 0 Å². The first-order valence-electron chi connectivity index (χ1n) is 11.4. The van der Waals surface area contributed by atoms with Gasteiger partial charge in [0.1, 0.15) is 50.3 Å². The molecule has 1 heterocycles. The van der Waals surface area contributed by atoms with E-state index < -0.39 is 6.10 Å². The average molecular weight is 419 g/mol. The average Bonchev–Trinajstić information content (AvgIpc) is 2.57. The fourth-order valence-electron chi connectivity index (χ4n) is 5.42. The van der Waals surface area contributed by atoms with Gasteiger partial charge in [0, 0.05) is 0 Å². The lowest BCUT2D eigenvalue weighted by molar-refractivity contribution is -0.938. The zero-order chi connectivity index (χ0) is 22.6. The topological polar surface area (TPSA) is 38.7 Å². The van der Waals surface area contributed by atoms with Crippen LogP contribution in [0.5, 0.6) is 5.75 Å². The molecule has 0 amide bonds. The van der Waals surface area contributed by atoms with Crippen LogP contribution in [0.2, 0.25) is 0 Å². The van der Waals surface area contributed by atoms with Crippen LogP contribution in [0.25, 0.3) is 0 Å². The third-order valence-corrected chi connectivity index (χ3v) is 5.92. The number of nitrogens with zero attached hydrogens (tertiary/aromatic N) is 1. The molecule has 0 spiro atoms. The van der Waals surface area contributed by atoms with Crippen LogP contribution in [0.4, 0.5) is 0 Å². The molecule has 0 bridgehead atoms. The number of aliphatic hydroxyl groups is 1. The summed E-state index contributed by atoms with van der Waals surface area (Å²) in [5.74, 6) is 0.809. The second-order valence-electron chi connectivity index (χ2n) is 11.2. The van der Waals surface area contributed by atoms with Gasteiger partial charge in [0.2, 0.25) is 0 Å². The van der Waals surface area contributed by atoms with E-state index in [2.05, 4.69) is 67.2 Å². The van der Waals surface area contributed by atoms with Crippen molar-refractivity contribution in [2.75, 3.05) is 32.8 Å². The molecule has 2 rings (SSSR count). The second-order valence-corrected chi connectivity index (χ2v) is 11.2. The predicted molar refractivity (Wildman–Crippen MR) is 125 cm³/mol. The minimum atomic E-state index is -0.528. The van der Waals surface area contributed by atoms with Crippen LogP contribution in [0.3, 0.4) is 0 Å². The number of benzene rings is 1. The van der Waals surface area contributed by atoms with Crippen molar-refractivity contribution in [2.24, 2.45) is 5.41 Å². The first kappa shape index (κ1) is 24.9. The molecule has 1 N–H and O–H groups in total. The Labute approximate surface area is 184 Å². The van der Waals surface area contributed by atoms with Crippen LogP contribution in [0, 0.1) is 5.41 Å². The maximum absolute atomic E-state index is 10.7. The molecule has 170 valence electrons. The van der Waals surface area contributed by atoms with Gasteiger partial charge in [-0.2, -0.15) is 0 Å². The third kappa shape index (κ3) is 7.40. The standard InChI is InChI=1S/C26H44NO3/c1-9-14-27(15-20(2)30-21(3)16-27)17-23(28)18-29-24-12-10-22(11-13-24)26(7,8)19-25(4,5)6/h9-13,20-21,23,28H,1,14-19H2,2-8H3/q+1. The summed E-state index contributed by atoms with van der Waals surface area (Å²) in [7, 11) is 0. The van der Waals surface area contributed by atoms with Gasteiger partial charge in [-0.3, -0.25) is 0 Å². The van der Waals surface area contributed by atoms with Gasteiger partial charge >= 0.3 is 0 Å². The first-order chi connectivity index (χ1) is 13.8. The fourth-order valence-corrected chi connectivity index (χ4v) is 5.42. The van der Waals surface area contributed by atoms with Crippen molar-refractivity contribution < 1.29 is 19.1 Å². The van der Waals surface area contributed by atoms with E-state index in [0.717, 1.165) is 36.3 Å². The quantitative estimate of drug-likeness (QED) is 0.455. The molecule has 30 heavy (non-hydrogen) atoms. The SMILES string of the molecule is C=CC[N+]1(CC(O)COc2ccc(C(C)(C)CC(C)(C)C)cc2)CC(C)OC(C)C1. The molecule has 4 nitrogen and oxygen atoms in total. The number of aliphatic hydroxyl groups excluding tert-OH is 1. The Morgan fingerprint density at radius 3 is 2.20 bits per heavy atom. The summed E-state index contributed by atoms with van der Waals surface area (Å²) in [5, 5.41) is 10.7.